The lowest BCUT2D eigenvalue weighted by Crippen LogP contribution is -2.37. The maximum absolute atomic E-state index is 10.4. The van der Waals surface area contributed by atoms with Crippen LogP contribution in [-0.4, -0.2) is 39.8 Å². The Hall–Kier alpha value is -1.10. The van der Waals surface area contributed by atoms with Gasteiger partial charge in [0.15, 0.2) is 6.04 Å². The van der Waals surface area contributed by atoms with E-state index < -0.39 is 12.0 Å². The van der Waals surface area contributed by atoms with Gasteiger partial charge in [0.2, 0.25) is 0 Å². The second-order valence-electron chi connectivity index (χ2n) is 2.44. The number of rotatable bonds is 1. The zero-order valence-corrected chi connectivity index (χ0v) is 6.19. The number of amidine groups is 1. The molecule has 5 nitrogen and oxygen atoms in total. The highest BCUT2D eigenvalue weighted by Crippen LogP contribution is 2.07. The summed E-state index contributed by atoms with van der Waals surface area (Å²) in [5.41, 5.74) is 0. The van der Waals surface area contributed by atoms with Crippen molar-refractivity contribution in [3.05, 3.63) is 0 Å². The molecule has 0 bridgehead atoms. The molecule has 0 aliphatic carbocycles. The maximum Gasteiger partial charge on any atom is 0.328 e. The molecule has 0 aromatic heterocycles. The van der Waals surface area contributed by atoms with Crippen LogP contribution in [0.25, 0.3) is 0 Å². The first-order chi connectivity index (χ1) is 5.11. The van der Waals surface area contributed by atoms with Gasteiger partial charge >= 0.3 is 5.97 Å². The summed E-state index contributed by atoms with van der Waals surface area (Å²) in [5.74, 6) is -0.568. The first kappa shape index (κ1) is 8.00. The first-order valence-electron chi connectivity index (χ1n) is 3.35. The van der Waals surface area contributed by atoms with Crippen molar-refractivity contribution in [2.45, 2.75) is 19.4 Å². The Morgan fingerprint density at radius 3 is 2.91 bits per heavy atom. The lowest BCUT2D eigenvalue weighted by Gasteiger charge is -2.23. The smallest absolute Gasteiger partial charge is 0.328 e. The highest BCUT2D eigenvalue weighted by atomic mass is 16.5. The second kappa shape index (κ2) is 2.87. The van der Waals surface area contributed by atoms with Crippen LogP contribution in [0.2, 0.25) is 0 Å². The van der Waals surface area contributed by atoms with Crippen LogP contribution >= 0.6 is 0 Å². The highest BCUT2D eigenvalue weighted by molar-refractivity contribution is 5.84. The maximum atomic E-state index is 10.4. The van der Waals surface area contributed by atoms with Gasteiger partial charge in [0.1, 0.15) is 5.84 Å². The SMILES string of the molecule is CC1=NC(C(=O)O)CCN1O. The van der Waals surface area contributed by atoms with Gasteiger partial charge in [-0.15, -0.1) is 0 Å². The van der Waals surface area contributed by atoms with Gasteiger partial charge in [0.25, 0.3) is 0 Å². The molecule has 2 N–H and O–H groups in total. The molecule has 11 heavy (non-hydrogen) atoms. The van der Waals surface area contributed by atoms with Crippen molar-refractivity contribution in [1.29, 1.82) is 0 Å². The van der Waals surface area contributed by atoms with E-state index in [0.29, 0.717) is 18.8 Å². The van der Waals surface area contributed by atoms with Crippen molar-refractivity contribution >= 4 is 11.8 Å². The number of hydrogen-bond donors (Lipinski definition) is 2. The van der Waals surface area contributed by atoms with E-state index in [1.54, 1.807) is 6.92 Å². The summed E-state index contributed by atoms with van der Waals surface area (Å²) in [6.45, 7) is 1.92. The van der Waals surface area contributed by atoms with Gasteiger partial charge in [-0.05, 0) is 6.92 Å². The van der Waals surface area contributed by atoms with E-state index in [9.17, 15) is 4.79 Å². The zero-order chi connectivity index (χ0) is 8.43. The summed E-state index contributed by atoms with van der Waals surface area (Å²) in [4.78, 5) is 14.2. The van der Waals surface area contributed by atoms with Gasteiger partial charge in [-0.2, -0.15) is 0 Å². The van der Waals surface area contributed by atoms with Crippen molar-refractivity contribution in [3.63, 3.8) is 0 Å². The monoisotopic (exact) mass is 158 g/mol. The molecule has 1 aliphatic heterocycles. The molecule has 1 rings (SSSR count). The summed E-state index contributed by atoms with van der Waals surface area (Å²) in [6, 6.07) is -0.682. The van der Waals surface area contributed by atoms with Crippen molar-refractivity contribution in [3.8, 4) is 0 Å². The van der Waals surface area contributed by atoms with E-state index in [2.05, 4.69) is 4.99 Å². The number of hydroxylamine groups is 2. The van der Waals surface area contributed by atoms with E-state index in [4.69, 9.17) is 10.3 Å². The number of aliphatic carboxylic acids is 1. The van der Waals surface area contributed by atoms with Crippen LogP contribution in [-0.2, 0) is 4.79 Å². The molecule has 1 unspecified atom stereocenters. The number of hydrogen-bond acceptors (Lipinski definition) is 4. The van der Waals surface area contributed by atoms with Crippen LogP contribution in [0.4, 0.5) is 0 Å². The summed E-state index contributed by atoms with van der Waals surface area (Å²) >= 11 is 0. The highest BCUT2D eigenvalue weighted by Gasteiger charge is 2.22. The Balaban J connectivity index is 2.69. The van der Waals surface area contributed by atoms with Crippen LogP contribution in [0.5, 0.6) is 0 Å². The first-order valence-corrected chi connectivity index (χ1v) is 3.35. The Labute approximate surface area is 63.9 Å². The molecule has 0 fully saturated rings. The van der Waals surface area contributed by atoms with E-state index in [0.717, 1.165) is 5.06 Å². The molecule has 1 heterocycles. The van der Waals surface area contributed by atoms with Gasteiger partial charge < -0.3 is 5.11 Å². The number of carbonyl (C=O) groups is 1. The molecule has 0 spiro atoms. The van der Waals surface area contributed by atoms with Gasteiger partial charge in [-0.25, -0.2) is 9.86 Å². The fourth-order valence-electron chi connectivity index (χ4n) is 0.942. The third-order valence-electron chi connectivity index (χ3n) is 1.62. The van der Waals surface area contributed by atoms with Crippen molar-refractivity contribution in [2.24, 2.45) is 4.99 Å². The quantitative estimate of drug-likeness (QED) is 0.561. The number of nitrogens with zero attached hydrogens (tertiary/aromatic N) is 2. The molecular weight excluding hydrogens is 148 g/mol. The molecule has 1 atom stereocenters. The zero-order valence-electron chi connectivity index (χ0n) is 6.19. The fraction of sp³-hybridized carbons (Fsp3) is 0.667. The van der Waals surface area contributed by atoms with Crippen LogP contribution in [0.15, 0.2) is 4.99 Å². The van der Waals surface area contributed by atoms with E-state index in [1.807, 2.05) is 0 Å². The molecule has 62 valence electrons. The summed E-state index contributed by atoms with van der Waals surface area (Å²) < 4.78 is 0. The molecule has 5 heteroatoms. The standard InChI is InChI=1S/C6H10N2O3/c1-4-7-5(6(9)10)2-3-8(4)11/h5,11H,2-3H2,1H3,(H,9,10). The normalized spacial score (nSPS) is 24.7. The van der Waals surface area contributed by atoms with E-state index in [-0.39, 0.29) is 0 Å². The Morgan fingerprint density at radius 2 is 2.45 bits per heavy atom. The Bertz CT molecular complexity index is 202. The topological polar surface area (TPSA) is 73.1 Å². The number of carboxylic acid groups (broad SMARTS) is 1. The van der Waals surface area contributed by atoms with E-state index >= 15 is 0 Å². The van der Waals surface area contributed by atoms with Crippen molar-refractivity contribution < 1.29 is 15.1 Å². The average molecular weight is 158 g/mol. The van der Waals surface area contributed by atoms with Gasteiger partial charge in [0, 0.05) is 13.0 Å². The summed E-state index contributed by atoms with van der Waals surface area (Å²) in [7, 11) is 0. The van der Waals surface area contributed by atoms with Crippen LogP contribution in [0.3, 0.4) is 0 Å². The number of aliphatic imine (C=N–C) groups is 1. The molecule has 0 aromatic carbocycles. The fourth-order valence-corrected chi connectivity index (χ4v) is 0.942. The molecule has 0 saturated carbocycles. The lowest BCUT2D eigenvalue weighted by molar-refractivity contribution is -0.139. The van der Waals surface area contributed by atoms with Crippen molar-refractivity contribution in [1.82, 2.24) is 5.06 Å². The Morgan fingerprint density at radius 1 is 1.82 bits per heavy atom. The van der Waals surface area contributed by atoms with Crippen molar-refractivity contribution in [2.75, 3.05) is 6.54 Å². The summed E-state index contributed by atoms with van der Waals surface area (Å²) in [5, 5.41) is 18.5. The molecule has 0 saturated heterocycles. The predicted molar refractivity (Wildman–Crippen MR) is 37.6 cm³/mol. The molecule has 1 aliphatic rings. The van der Waals surface area contributed by atoms with Crippen LogP contribution in [0.1, 0.15) is 13.3 Å². The largest absolute Gasteiger partial charge is 0.480 e. The molecule has 0 aromatic rings. The lowest BCUT2D eigenvalue weighted by atomic mass is 10.2. The third-order valence-corrected chi connectivity index (χ3v) is 1.62. The van der Waals surface area contributed by atoms with Crippen LogP contribution in [0, 0.1) is 0 Å². The van der Waals surface area contributed by atoms with Gasteiger partial charge in [0.05, 0.1) is 0 Å². The number of carboxylic acids is 1. The third kappa shape index (κ3) is 1.68. The van der Waals surface area contributed by atoms with Gasteiger partial charge in [-0.3, -0.25) is 10.2 Å². The minimum absolute atomic E-state index is 0.340. The Kier molecular flexibility index (Phi) is 2.09. The predicted octanol–water partition coefficient (Wildman–Crippen LogP) is -0.0471. The van der Waals surface area contributed by atoms with E-state index in [1.165, 1.54) is 0 Å². The van der Waals surface area contributed by atoms with Crippen LogP contribution < -0.4 is 0 Å². The molecular formula is C6H10N2O3. The minimum Gasteiger partial charge on any atom is -0.480 e. The second-order valence-corrected chi connectivity index (χ2v) is 2.44. The minimum atomic E-state index is -0.933. The summed E-state index contributed by atoms with van der Waals surface area (Å²) in [6.07, 6.45) is 0.364. The van der Waals surface area contributed by atoms with Gasteiger partial charge in [-0.1, -0.05) is 0 Å². The average Bonchev–Trinajstić information content (AvgIpc) is 1.94. The molecule has 0 amide bonds. The molecule has 0 radical (unpaired) electrons.